The van der Waals surface area contributed by atoms with Crippen molar-refractivity contribution >= 4 is 30.1 Å². The van der Waals surface area contributed by atoms with Crippen molar-refractivity contribution in [3.63, 3.8) is 0 Å². The van der Waals surface area contributed by atoms with Crippen molar-refractivity contribution in [3.05, 3.63) is 28.8 Å². The fourth-order valence-electron chi connectivity index (χ4n) is 1.76. The number of amides is 1. The standard InChI is InChI=1S/C11H14BClN2O4/c13-10-7-8(12(17)18)1-2-9(10)11(16)14-15-3-5-19-6-4-15/h1-2,7,17-18H,3-6H2,(H,14,16). The Bertz CT molecular complexity index is 466. The van der Waals surface area contributed by atoms with E-state index in [9.17, 15) is 4.79 Å². The van der Waals surface area contributed by atoms with Gasteiger partial charge in [-0.05, 0) is 17.6 Å². The summed E-state index contributed by atoms with van der Waals surface area (Å²) in [4.78, 5) is 12.0. The Morgan fingerprint density at radius 3 is 2.63 bits per heavy atom. The molecule has 1 aliphatic rings. The second-order valence-electron chi connectivity index (χ2n) is 4.15. The van der Waals surface area contributed by atoms with Crippen molar-refractivity contribution in [3.8, 4) is 0 Å². The Morgan fingerprint density at radius 1 is 1.37 bits per heavy atom. The minimum absolute atomic E-state index is 0.177. The number of halogens is 1. The molecule has 6 nitrogen and oxygen atoms in total. The third kappa shape index (κ3) is 3.68. The second kappa shape index (κ2) is 6.36. The summed E-state index contributed by atoms with van der Waals surface area (Å²) in [5, 5.41) is 20.0. The van der Waals surface area contributed by atoms with Gasteiger partial charge in [-0.25, -0.2) is 5.01 Å². The highest BCUT2D eigenvalue weighted by Gasteiger charge is 2.18. The van der Waals surface area contributed by atoms with Gasteiger partial charge in [-0.15, -0.1) is 0 Å². The maximum absolute atomic E-state index is 12.0. The smallest absolute Gasteiger partial charge is 0.423 e. The van der Waals surface area contributed by atoms with Crippen molar-refractivity contribution in [2.75, 3.05) is 26.3 Å². The quantitative estimate of drug-likeness (QED) is 0.620. The van der Waals surface area contributed by atoms with Crippen LogP contribution in [-0.4, -0.2) is 54.4 Å². The number of ether oxygens (including phenoxy) is 1. The highest BCUT2D eigenvalue weighted by atomic mass is 35.5. The molecule has 19 heavy (non-hydrogen) atoms. The predicted molar refractivity (Wildman–Crippen MR) is 71.1 cm³/mol. The molecule has 1 amide bonds. The number of hydrazine groups is 1. The number of morpholine rings is 1. The molecule has 1 aromatic carbocycles. The SMILES string of the molecule is O=C(NN1CCOCC1)c1ccc(B(O)O)cc1Cl. The molecule has 1 heterocycles. The van der Waals surface area contributed by atoms with Crippen LogP contribution < -0.4 is 10.9 Å². The molecule has 0 aromatic heterocycles. The lowest BCUT2D eigenvalue weighted by molar-refractivity contribution is 0.0126. The van der Waals surface area contributed by atoms with Crippen molar-refractivity contribution in [1.82, 2.24) is 10.4 Å². The Hall–Kier alpha value is -1.12. The fourth-order valence-corrected chi connectivity index (χ4v) is 2.03. The molecule has 0 radical (unpaired) electrons. The lowest BCUT2D eigenvalue weighted by atomic mass is 9.80. The Morgan fingerprint density at radius 2 is 2.05 bits per heavy atom. The van der Waals surface area contributed by atoms with Crippen LogP contribution in [0.3, 0.4) is 0 Å². The zero-order chi connectivity index (χ0) is 13.8. The van der Waals surface area contributed by atoms with Gasteiger partial charge < -0.3 is 14.8 Å². The van der Waals surface area contributed by atoms with Gasteiger partial charge in [-0.1, -0.05) is 17.7 Å². The zero-order valence-corrected chi connectivity index (χ0v) is 10.9. The van der Waals surface area contributed by atoms with E-state index in [0.717, 1.165) is 0 Å². The minimum atomic E-state index is -1.60. The van der Waals surface area contributed by atoms with Crippen LogP contribution in [0.1, 0.15) is 10.4 Å². The summed E-state index contributed by atoms with van der Waals surface area (Å²) >= 11 is 5.96. The molecule has 0 aliphatic carbocycles. The molecule has 0 saturated carbocycles. The maximum Gasteiger partial charge on any atom is 0.488 e. The van der Waals surface area contributed by atoms with Crippen LogP contribution >= 0.6 is 11.6 Å². The molecule has 0 unspecified atom stereocenters. The molecule has 0 spiro atoms. The molecule has 1 aliphatic heterocycles. The number of hydrogen-bond acceptors (Lipinski definition) is 5. The Kier molecular flexibility index (Phi) is 4.78. The normalized spacial score (nSPS) is 16.2. The van der Waals surface area contributed by atoms with E-state index in [1.165, 1.54) is 18.2 Å². The number of benzene rings is 1. The topological polar surface area (TPSA) is 82.0 Å². The zero-order valence-electron chi connectivity index (χ0n) is 10.2. The monoisotopic (exact) mass is 284 g/mol. The van der Waals surface area contributed by atoms with E-state index < -0.39 is 7.12 Å². The molecule has 3 N–H and O–H groups in total. The molecular formula is C11H14BClN2O4. The summed E-state index contributed by atoms with van der Waals surface area (Å²) in [6, 6.07) is 4.28. The first-order valence-electron chi connectivity index (χ1n) is 5.87. The molecule has 0 bridgehead atoms. The van der Waals surface area contributed by atoms with Crippen LogP contribution in [0, 0.1) is 0 Å². The fraction of sp³-hybridized carbons (Fsp3) is 0.364. The summed E-state index contributed by atoms with van der Waals surface area (Å²) in [5.41, 5.74) is 3.26. The molecule has 8 heteroatoms. The van der Waals surface area contributed by atoms with Crippen LogP contribution in [0.25, 0.3) is 0 Å². The van der Waals surface area contributed by atoms with Crippen LogP contribution in [-0.2, 0) is 4.74 Å². The molecule has 102 valence electrons. The number of nitrogens with one attached hydrogen (secondary N) is 1. The molecule has 1 aromatic rings. The number of carbonyl (C=O) groups excluding carboxylic acids is 1. The average molecular weight is 285 g/mol. The number of nitrogens with zero attached hydrogens (tertiary/aromatic N) is 1. The molecule has 0 atom stereocenters. The lowest BCUT2D eigenvalue weighted by Gasteiger charge is -2.27. The third-order valence-corrected chi connectivity index (χ3v) is 3.12. The highest BCUT2D eigenvalue weighted by Crippen LogP contribution is 2.14. The van der Waals surface area contributed by atoms with E-state index in [4.69, 9.17) is 26.4 Å². The third-order valence-electron chi connectivity index (χ3n) is 2.81. The van der Waals surface area contributed by atoms with Gasteiger partial charge in [0.1, 0.15) is 0 Å². The average Bonchev–Trinajstić information content (AvgIpc) is 2.39. The first-order chi connectivity index (χ1) is 9.08. The van der Waals surface area contributed by atoms with E-state index in [-0.39, 0.29) is 22.0 Å². The van der Waals surface area contributed by atoms with Gasteiger partial charge in [0, 0.05) is 13.1 Å². The van der Waals surface area contributed by atoms with Crippen molar-refractivity contribution in [1.29, 1.82) is 0 Å². The summed E-state index contributed by atoms with van der Waals surface area (Å²) in [6.07, 6.45) is 0. The lowest BCUT2D eigenvalue weighted by Crippen LogP contribution is -2.48. The Labute approximate surface area is 116 Å². The van der Waals surface area contributed by atoms with Gasteiger partial charge in [-0.3, -0.25) is 10.2 Å². The summed E-state index contributed by atoms with van der Waals surface area (Å²) < 4.78 is 5.18. The maximum atomic E-state index is 12.0. The summed E-state index contributed by atoms with van der Waals surface area (Å²) in [7, 11) is -1.60. The largest absolute Gasteiger partial charge is 0.488 e. The van der Waals surface area contributed by atoms with Gasteiger partial charge in [0.25, 0.3) is 5.91 Å². The van der Waals surface area contributed by atoms with E-state index >= 15 is 0 Å². The van der Waals surface area contributed by atoms with E-state index in [1.54, 1.807) is 5.01 Å². The Balaban J connectivity index is 2.06. The van der Waals surface area contributed by atoms with Crippen molar-refractivity contribution < 1.29 is 19.6 Å². The van der Waals surface area contributed by atoms with Crippen LogP contribution in [0.15, 0.2) is 18.2 Å². The van der Waals surface area contributed by atoms with Crippen LogP contribution in [0.4, 0.5) is 0 Å². The van der Waals surface area contributed by atoms with E-state index in [2.05, 4.69) is 5.43 Å². The van der Waals surface area contributed by atoms with Gasteiger partial charge in [0.15, 0.2) is 0 Å². The van der Waals surface area contributed by atoms with Crippen LogP contribution in [0.2, 0.25) is 5.02 Å². The minimum Gasteiger partial charge on any atom is -0.423 e. The van der Waals surface area contributed by atoms with Gasteiger partial charge in [0.05, 0.1) is 23.8 Å². The predicted octanol–water partition coefficient (Wildman–Crippen LogP) is -1.00. The highest BCUT2D eigenvalue weighted by molar-refractivity contribution is 6.59. The molecule has 2 rings (SSSR count). The van der Waals surface area contributed by atoms with E-state index in [0.29, 0.717) is 26.3 Å². The number of rotatable bonds is 3. The number of hydrogen-bond donors (Lipinski definition) is 3. The molecule has 1 fully saturated rings. The van der Waals surface area contributed by atoms with Crippen molar-refractivity contribution in [2.45, 2.75) is 0 Å². The summed E-state index contributed by atoms with van der Waals surface area (Å²) in [6.45, 7) is 2.39. The van der Waals surface area contributed by atoms with Crippen molar-refractivity contribution in [2.24, 2.45) is 0 Å². The van der Waals surface area contributed by atoms with Crippen LogP contribution in [0.5, 0.6) is 0 Å². The van der Waals surface area contributed by atoms with Gasteiger partial charge >= 0.3 is 7.12 Å². The molecular weight excluding hydrogens is 270 g/mol. The molecule has 1 saturated heterocycles. The summed E-state index contributed by atoms with van der Waals surface area (Å²) in [5.74, 6) is -0.328. The first kappa shape index (κ1) is 14.3. The van der Waals surface area contributed by atoms with Gasteiger partial charge in [0.2, 0.25) is 0 Å². The first-order valence-corrected chi connectivity index (χ1v) is 6.25. The van der Waals surface area contributed by atoms with E-state index in [1.807, 2.05) is 0 Å². The second-order valence-corrected chi connectivity index (χ2v) is 4.56. The number of carbonyl (C=O) groups is 1. The van der Waals surface area contributed by atoms with Gasteiger partial charge in [-0.2, -0.15) is 0 Å².